The van der Waals surface area contributed by atoms with Gasteiger partial charge in [0.15, 0.2) is 0 Å². The number of halogens is 1. The molecule has 4 aromatic rings. The van der Waals surface area contributed by atoms with E-state index in [9.17, 15) is 4.79 Å². The Balaban J connectivity index is 1.44. The summed E-state index contributed by atoms with van der Waals surface area (Å²) in [5.74, 6) is 0. The summed E-state index contributed by atoms with van der Waals surface area (Å²) in [7, 11) is 1.80. The minimum absolute atomic E-state index is 0.00810. The highest BCUT2D eigenvalue weighted by molar-refractivity contribution is 6.30. The molecule has 0 saturated carbocycles. The molecular weight excluding hydrogens is 420 g/mol. The molecule has 0 aliphatic carbocycles. The number of rotatable bonds is 4. The van der Waals surface area contributed by atoms with Crippen LogP contribution in [0, 0.1) is 0 Å². The second kappa shape index (κ2) is 8.77. The Bertz CT molecular complexity index is 1280. The molecule has 5 nitrogen and oxygen atoms in total. The maximum atomic E-state index is 12.6. The lowest BCUT2D eigenvalue weighted by atomic mass is 9.96. The summed E-state index contributed by atoms with van der Waals surface area (Å²) in [6.45, 7) is 3.42. The number of pyridine rings is 2. The Morgan fingerprint density at radius 3 is 2.28 bits per heavy atom. The highest BCUT2D eigenvalue weighted by atomic mass is 35.5. The molecule has 32 heavy (non-hydrogen) atoms. The van der Waals surface area contributed by atoms with Crippen molar-refractivity contribution < 1.29 is 0 Å². The number of aryl methyl sites for hydroxylation is 1. The summed E-state index contributed by atoms with van der Waals surface area (Å²) in [5, 5.41) is 0.746. The SMILES string of the molecule is Cn1c(=O)cc(N2CCN([C@@H](c3ccccc3)c3ccc(Cl)cc3)CC2)c2ncccc21. The molecule has 1 fully saturated rings. The van der Waals surface area contributed by atoms with Crippen molar-refractivity contribution in [1.29, 1.82) is 0 Å². The standard InChI is InChI=1S/C26H25ClN4O/c1-29-22-8-5-13-28-25(22)23(18-24(29)32)30-14-16-31(17-15-30)26(19-6-3-2-4-7-19)20-9-11-21(27)12-10-20/h2-13,18,26H,14-17H2,1H3/t26-/m0/s1. The predicted molar refractivity (Wildman–Crippen MR) is 131 cm³/mol. The molecular formula is C26H25ClN4O. The first kappa shape index (κ1) is 20.7. The van der Waals surface area contributed by atoms with E-state index in [1.807, 2.05) is 30.3 Å². The predicted octanol–water partition coefficient (Wildman–Crippen LogP) is 4.50. The van der Waals surface area contributed by atoms with Crippen LogP contribution in [0.1, 0.15) is 17.2 Å². The normalized spacial score (nSPS) is 15.8. The van der Waals surface area contributed by atoms with Crippen LogP contribution in [0.25, 0.3) is 11.0 Å². The maximum absolute atomic E-state index is 12.6. The molecule has 0 spiro atoms. The minimum Gasteiger partial charge on any atom is -0.367 e. The van der Waals surface area contributed by atoms with E-state index in [4.69, 9.17) is 11.6 Å². The Morgan fingerprint density at radius 1 is 0.875 bits per heavy atom. The van der Waals surface area contributed by atoms with Gasteiger partial charge in [0, 0.05) is 50.5 Å². The third-order valence-electron chi connectivity index (χ3n) is 6.30. The number of aromatic nitrogens is 2. The van der Waals surface area contributed by atoms with Crippen LogP contribution in [-0.2, 0) is 7.05 Å². The third-order valence-corrected chi connectivity index (χ3v) is 6.55. The van der Waals surface area contributed by atoms with Crippen molar-refractivity contribution >= 4 is 28.3 Å². The molecule has 1 aliphatic rings. The summed E-state index contributed by atoms with van der Waals surface area (Å²) in [4.78, 5) is 21.9. The zero-order chi connectivity index (χ0) is 22.1. The quantitative estimate of drug-likeness (QED) is 0.464. The first-order valence-corrected chi connectivity index (χ1v) is 11.2. The van der Waals surface area contributed by atoms with E-state index in [2.05, 4.69) is 51.2 Å². The van der Waals surface area contributed by atoms with Crippen LogP contribution >= 0.6 is 11.6 Å². The van der Waals surface area contributed by atoms with E-state index >= 15 is 0 Å². The van der Waals surface area contributed by atoms with E-state index < -0.39 is 0 Å². The fraction of sp³-hybridized carbons (Fsp3) is 0.231. The topological polar surface area (TPSA) is 41.4 Å². The summed E-state index contributed by atoms with van der Waals surface area (Å²) in [6, 6.07) is 24.5. The zero-order valence-corrected chi connectivity index (χ0v) is 18.7. The Hall–Kier alpha value is -3.15. The summed E-state index contributed by atoms with van der Waals surface area (Å²) in [5.41, 5.74) is 5.15. The van der Waals surface area contributed by atoms with Gasteiger partial charge in [-0.15, -0.1) is 0 Å². The van der Waals surface area contributed by atoms with E-state index in [0.717, 1.165) is 47.9 Å². The van der Waals surface area contributed by atoms with Crippen molar-refractivity contribution in [3.05, 3.63) is 105 Å². The highest BCUT2D eigenvalue weighted by Crippen LogP contribution is 2.32. The van der Waals surface area contributed by atoms with Gasteiger partial charge in [-0.2, -0.15) is 0 Å². The van der Waals surface area contributed by atoms with Gasteiger partial charge in [0.1, 0.15) is 5.52 Å². The molecule has 162 valence electrons. The van der Waals surface area contributed by atoms with E-state index in [1.54, 1.807) is 23.9 Å². The molecule has 2 aromatic carbocycles. The highest BCUT2D eigenvalue weighted by Gasteiger charge is 2.27. The third kappa shape index (κ3) is 3.90. The summed E-state index contributed by atoms with van der Waals surface area (Å²) in [6.07, 6.45) is 1.79. The smallest absolute Gasteiger partial charge is 0.252 e. The molecule has 1 saturated heterocycles. The van der Waals surface area contributed by atoms with Crippen molar-refractivity contribution in [2.45, 2.75) is 6.04 Å². The monoisotopic (exact) mass is 444 g/mol. The van der Waals surface area contributed by atoms with Crippen LogP contribution < -0.4 is 10.5 Å². The number of hydrogen-bond donors (Lipinski definition) is 0. The summed E-state index contributed by atoms with van der Waals surface area (Å²) < 4.78 is 1.66. The molecule has 2 aromatic heterocycles. The van der Waals surface area contributed by atoms with Gasteiger partial charge < -0.3 is 9.47 Å². The Morgan fingerprint density at radius 2 is 1.56 bits per heavy atom. The lowest BCUT2D eigenvalue weighted by Crippen LogP contribution is -2.48. The molecule has 1 aliphatic heterocycles. The van der Waals surface area contributed by atoms with Gasteiger partial charge in [-0.05, 0) is 35.4 Å². The molecule has 0 unspecified atom stereocenters. The zero-order valence-electron chi connectivity index (χ0n) is 18.0. The van der Waals surface area contributed by atoms with Crippen molar-refractivity contribution in [3.8, 4) is 0 Å². The molecule has 1 atom stereocenters. The van der Waals surface area contributed by atoms with Crippen molar-refractivity contribution in [1.82, 2.24) is 14.5 Å². The molecule has 0 N–H and O–H groups in total. The number of fused-ring (bicyclic) bond motifs is 1. The molecule has 0 radical (unpaired) electrons. The van der Waals surface area contributed by atoms with Gasteiger partial charge in [-0.1, -0.05) is 54.1 Å². The molecule has 3 heterocycles. The van der Waals surface area contributed by atoms with Gasteiger partial charge in [0.2, 0.25) is 0 Å². The van der Waals surface area contributed by atoms with Crippen molar-refractivity contribution in [2.75, 3.05) is 31.1 Å². The van der Waals surface area contributed by atoms with E-state index in [-0.39, 0.29) is 11.6 Å². The molecule has 5 rings (SSSR count). The number of piperazine rings is 1. The molecule has 0 bridgehead atoms. The van der Waals surface area contributed by atoms with E-state index in [0.29, 0.717) is 0 Å². The van der Waals surface area contributed by atoms with Crippen LogP contribution in [0.4, 0.5) is 5.69 Å². The second-order valence-corrected chi connectivity index (χ2v) is 8.62. The lowest BCUT2D eigenvalue weighted by Gasteiger charge is -2.40. The maximum Gasteiger partial charge on any atom is 0.252 e. The van der Waals surface area contributed by atoms with Gasteiger partial charge in [-0.3, -0.25) is 14.7 Å². The fourth-order valence-corrected chi connectivity index (χ4v) is 4.75. The van der Waals surface area contributed by atoms with E-state index in [1.165, 1.54) is 11.1 Å². The second-order valence-electron chi connectivity index (χ2n) is 8.19. The van der Waals surface area contributed by atoms with Gasteiger partial charge >= 0.3 is 0 Å². The largest absolute Gasteiger partial charge is 0.367 e. The first-order valence-electron chi connectivity index (χ1n) is 10.9. The molecule has 6 heteroatoms. The average molecular weight is 445 g/mol. The molecule has 0 amide bonds. The Kier molecular flexibility index (Phi) is 5.68. The van der Waals surface area contributed by atoms with Crippen molar-refractivity contribution in [2.24, 2.45) is 7.05 Å². The number of benzene rings is 2. The fourth-order valence-electron chi connectivity index (χ4n) is 4.62. The van der Waals surface area contributed by atoms with Gasteiger partial charge in [0.25, 0.3) is 5.56 Å². The van der Waals surface area contributed by atoms with Crippen LogP contribution in [0.15, 0.2) is 83.8 Å². The number of hydrogen-bond acceptors (Lipinski definition) is 4. The first-order chi connectivity index (χ1) is 15.6. The van der Waals surface area contributed by atoms with Crippen LogP contribution in [0.5, 0.6) is 0 Å². The average Bonchev–Trinajstić information content (AvgIpc) is 2.84. The lowest BCUT2D eigenvalue weighted by molar-refractivity contribution is 0.212. The Labute approximate surface area is 192 Å². The minimum atomic E-state index is -0.00810. The van der Waals surface area contributed by atoms with Crippen LogP contribution in [-0.4, -0.2) is 40.6 Å². The summed E-state index contributed by atoms with van der Waals surface area (Å²) >= 11 is 6.15. The van der Waals surface area contributed by atoms with Crippen LogP contribution in [0.2, 0.25) is 5.02 Å². The van der Waals surface area contributed by atoms with Crippen molar-refractivity contribution in [3.63, 3.8) is 0 Å². The number of nitrogens with zero attached hydrogens (tertiary/aromatic N) is 4. The number of anilines is 1. The van der Waals surface area contributed by atoms with Gasteiger partial charge in [0.05, 0.1) is 17.2 Å². The van der Waals surface area contributed by atoms with Gasteiger partial charge in [-0.25, -0.2) is 0 Å². The van der Waals surface area contributed by atoms with Crippen LogP contribution in [0.3, 0.4) is 0 Å².